The lowest BCUT2D eigenvalue weighted by atomic mass is 9.71. The number of benzene rings is 1. The zero-order valence-corrected chi connectivity index (χ0v) is 11.9. The highest BCUT2D eigenvalue weighted by molar-refractivity contribution is 5.95. The summed E-state index contributed by atoms with van der Waals surface area (Å²) >= 11 is 0. The first-order valence-electron chi connectivity index (χ1n) is 7.02. The van der Waals surface area contributed by atoms with Crippen LogP contribution in [0.25, 0.3) is 0 Å². The van der Waals surface area contributed by atoms with Gasteiger partial charge in [0.1, 0.15) is 0 Å². The van der Waals surface area contributed by atoms with Crippen LogP contribution in [0.15, 0.2) is 24.3 Å². The molecule has 2 rings (SSSR count). The molecule has 0 radical (unpaired) electrons. The Bertz CT molecular complexity index is 589. The van der Waals surface area contributed by atoms with Gasteiger partial charge in [0, 0.05) is 11.6 Å². The third-order valence-electron chi connectivity index (χ3n) is 4.28. The molecule has 0 saturated heterocycles. The molecule has 110 valence electrons. The quantitative estimate of drug-likeness (QED) is 0.892. The van der Waals surface area contributed by atoms with Crippen LogP contribution in [-0.2, 0) is 4.79 Å². The molecule has 21 heavy (non-hydrogen) atoms. The molecule has 1 aliphatic carbocycles. The zero-order chi connectivity index (χ0) is 15.5. The third-order valence-corrected chi connectivity index (χ3v) is 4.28. The van der Waals surface area contributed by atoms with E-state index >= 15 is 0 Å². The number of carboxylic acids is 1. The number of carbonyl (C=O) groups excluding carboxylic acids is 1. The van der Waals surface area contributed by atoms with E-state index < -0.39 is 11.4 Å². The Morgan fingerprint density at radius 3 is 2.57 bits per heavy atom. The smallest absolute Gasteiger partial charge is 0.311 e. The largest absolute Gasteiger partial charge is 0.481 e. The van der Waals surface area contributed by atoms with Crippen molar-refractivity contribution in [3.8, 4) is 6.07 Å². The van der Waals surface area contributed by atoms with Crippen molar-refractivity contribution >= 4 is 11.9 Å². The number of rotatable bonds is 3. The Balaban J connectivity index is 2.13. The molecule has 1 aromatic rings. The molecule has 1 aromatic carbocycles. The minimum atomic E-state index is -0.916. The fourth-order valence-corrected chi connectivity index (χ4v) is 2.76. The van der Waals surface area contributed by atoms with Crippen molar-refractivity contribution in [2.75, 3.05) is 0 Å². The molecule has 5 nitrogen and oxygen atoms in total. The van der Waals surface area contributed by atoms with Gasteiger partial charge in [-0.25, -0.2) is 0 Å². The molecule has 5 heteroatoms. The van der Waals surface area contributed by atoms with Crippen LogP contribution in [0.2, 0.25) is 0 Å². The first-order chi connectivity index (χ1) is 9.97. The van der Waals surface area contributed by atoms with Gasteiger partial charge in [-0.1, -0.05) is 12.8 Å². The minimum Gasteiger partial charge on any atom is -0.481 e. The van der Waals surface area contributed by atoms with Crippen molar-refractivity contribution in [3.05, 3.63) is 35.4 Å². The second-order valence-corrected chi connectivity index (χ2v) is 5.68. The fraction of sp³-hybridized carbons (Fsp3) is 0.438. The molecule has 1 fully saturated rings. The van der Waals surface area contributed by atoms with Crippen molar-refractivity contribution in [2.24, 2.45) is 5.41 Å². The standard InChI is InChI=1S/C16H18N2O3/c1-16(15(20)21)9-3-2-4-13(16)18-14(19)12-7-5-11(10-17)6-8-12/h5-8,13H,2-4,9H2,1H3,(H,18,19)(H,20,21). The van der Waals surface area contributed by atoms with Crippen molar-refractivity contribution in [3.63, 3.8) is 0 Å². The Labute approximate surface area is 123 Å². The van der Waals surface area contributed by atoms with E-state index in [1.54, 1.807) is 31.2 Å². The van der Waals surface area contributed by atoms with Gasteiger partial charge in [-0.05, 0) is 44.0 Å². The maximum Gasteiger partial charge on any atom is 0.311 e. The molecule has 0 bridgehead atoms. The molecule has 1 amide bonds. The van der Waals surface area contributed by atoms with E-state index in [4.69, 9.17) is 5.26 Å². The van der Waals surface area contributed by atoms with Crippen LogP contribution in [0.3, 0.4) is 0 Å². The van der Waals surface area contributed by atoms with Crippen LogP contribution in [0.4, 0.5) is 0 Å². The van der Waals surface area contributed by atoms with Crippen molar-refractivity contribution in [1.82, 2.24) is 5.32 Å². The number of carboxylic acid groups (broad SMARTS) is 1. The highest BCUT2D eigenvalue weighted by Gasteiger charge is 2.43. The van der Waals surface area contributed by atoms with Gasteiger partial charge in [-0.3, -0.25) is 9.59 Å². The molecular formula is C16H18N2O3. The normalized spacial score (nSPS) is 24.9. The van der Waals surface area contributed by atoms with Crippen LogP contribution < -0.4 is 5.32 Å². The SMILES string of the molecule is CC1(C(=O)O)CCCCC1NC(=O)c1ccc(C#N)cc1. The van der Waals surface area contributed by atoms with Gasteiger partial charge in [0.05, 0.1) is 17.0 Å². The summed E-state index contributed by atoms with van der Waals surface area (Å²) in [6.45, 7) is 1.69. The minimum absolute atomic E-state index is 0.293. The van der Waals surface area contributed by atoms with E-state index in [2.05, 4.69) is 5.32 Å². The van der Waals surface area contributed by atoms with E-state index in [9.17, 15) is 14.7 Å². The number of aliphatic carboxylic acids is 1. The summed E-state index contributed by atoms with van der Waals surface area (Å²) in [5, 5.41) is 21.0. The van der Waals surface area contributed by atoms with Gasteiger partial charge < -0.3 is 10.4 Å². The first-order valence-corrected chi connectivity index (χ1v) is 7.02. The van der Waals surface area contributed by atoms with Crippen LogP contribution in [0, 0.1) is 16.7 Å². The van der Waals surface area contributed by atoms with Gasteiger partial charge in [-0.15, -0.1) is 0 Å². The summed E-state index contributed by atoms with van der Waals surface area (Å²) in [6, 6.07) is 7.93. The van der Waals surface area contributed by atoms with Crippen LogP contribution in [-0.4, -0.2) is 23.0 Å². The highest BCUT2D eigenvalue weighted by atomic mass is 16.4. The molecule has 2 unspecified atom stereocenters. The maximum atomic E-state index is 12.2. The summed E-state index contributed by atoms with van der Waals surface area (Å²) < 4.78 is 0. The number of carbonyl (C=O) groups is 2. The average molecular weight is 286 g/mol. The van der Waals surface area contributed by atoms with E-state index in [1.165, 1.54) is 0 Å². The van der Waals surface area contributed by atoms with E-state index in [0.717, 1.165) is 12.8 Å². The molecular weight excluding hydrogens is 268 g/mol. The van der Waals surface area contributed by atoms with Crippen molar-refractivity contribution in [1.29, 1.82) is 5.26 Å². The summed E-state index contributed by atoms with van der Waals surface area (Å²) in [7, 11) is 0. The van der Waals surface area contributed by atoms with Gasteiger partial charge in [0.15, 0.2) is 0 Å². The van der Waals surface area contributed by atoms with Crippen molar-refractivity contribution in [2.45, 2.75) is 38.6 Å². The van der Waals surface area contributed by atoms with Gasteiger partial charge in [0.25, 0.3) is 5.91 Å². The highest BCUT2D eigenvalue weighted by Crippen LogP contribution is 2.36. The maximum absolute atomic E-state index is 12.2. The van der Waals surface area contributed by atoms with Gasteiger partial charge in [0.2, 0.25) is 0 Å². The Morgan fingerprint density at radius 1 is 1.33 bits per heavy atom. The van der Waals surface area contributed by atoms with Gasteiger partial charge >= 0.3 is 5.97 Å². The summed E-state index contributed by atoms with van der Waals surface area (Å²) in [6.07, 6.45) is 3.03. The van der Waals surface area contributed by atoms with E-state index in [0.29, 0.717) is 24.0 Å². The molecule has 0 aliphatic heterocycles. The molecule has 0 aromatic heterocycles. The van der Waals surface area contributed by atoms with Crippen molar-refractivity contribution < 1.29 is 14.7 Å². The Hall–Kier alpha value is -2.35. The second kappa shape index (κ2) is 5.96. The number of amides is 1. The monoisotopic (exact) mass is 286 g/mol. The second-order valence-electron chi connectivity index (χ2n) is 5.68. The summed E-state index contributed by atoms with van der Waals surface area (Å²) in [5.74, 6) is -1.16. The van der Waals surface area contributed by atoms with Crippen LogP contribution in [0.5, 0.6) is 0 Å². The first kappa shape index (κ1) is 15.0. The number of nitrogens with one attached hydrogen (secondary N) is 1. The fourth-order valence-electron chi connectivity index (χ4n) is 2.76. The summed E-state index contributed by atoms with van der Waals surface area (Å²) in [4.78, 5) is 23.7. The van der Waals surface area contributed by atoms with Crippen LogP contribution in [0.1, 0.15) is 48.5 Å². The number of nitrogens with zero attached hydrogens (tertiary/aromatic N) is 1. The molecule has 0 heterocycles. The number of hydrogen-bond acceptors (Lipinski definition) is 3. The number of hydrogen-bond donors (Lipinski definition) is 2. The van der Waals surface area contributed by atoms with Gasteiger partial charge in [-0.2, -0.15) is 5.26 Å². The van der Waals surface area contributed by atoms with Crippen LogP contribution >= 0.6 is 0 Å². The average Bonchev–Trinajstić information content (AvgIpc) is 2.49. The lowest BCUT2D eigenvalue weighted by Crippen LogP contribution is -2.52. The third kappa shape index (κ3) is 3.05. The molecule has 1 saturated carbocycles. The molecule has 2 N–H and O–H groups in total. The van der Waals surface area contributed by atoms with E-state index in [1.807, 2.05) is 6.07 Å². The lowest BCUT2D eigenvalue weighted by Gasteiger charge is -2.38. The Kier molecular flexibility index (Phi) is 4.27. The topological polar surface area (TPSA) is 90.2 Å². The summed E-state index contributed by atoms with van der Waals surface area (Å²) in [5.41, 5.74) is 0.00689. The number of nitriles is 1. The van der Waals surface area contributed by atoms with E-state index in [-0.39, 0.29) is 11.9 Å². The predicted molar refractivity (Wildman–Crippen MR) is 76.6 cm³/mol. The molecule has 0 spiro atoms. The molecule has 1 aliphatic rings. The lowest BCUT2D eigenvalue weighted by molar-refractivity contribution is -0.151. The zero-order valence-electron chi connectivity index (χ0n) is 11.9. The predicted octanol–water partition coefficient (Wildman–Crippen LogP) is 2.32. The molecule has 2 atom stereocenters. The Morgan fingerprint density at radius 2 is 2.00 bits per heavy atom.